The molecule has 1 aromatic heterocycles. The van der Waals surface area contributed by atoms with Crippen molar-refractivity contribution in [3.63, 3.8) is 0 Å². The Morgan fingerprint density at radius 1 is 1.27 bits per heavy atom. The lowest BCUT2D eigenvalue weighted by Gasteiger charge is -2.18. The molecule has 1 aromatic carbocycles. The Morgan fingerprint density at radius 2 is 2.00 bits per heavy atom. The average Bonchev–Trinajstić information content (AvgIpc) is 3.11. The topological polar surface area (TPSA) is 62.3 Å². The molecule has 3 rings (SSSR count). The summed E-state index contributed by atoms with van der Waals surface area (Å²) in [7, 11) is 3.47. The maximum atomic E-state index is 6.13. The number of methoxy groups -OCH3 is 1. The molecular weight excluding hydrogens is 346 g/mol. The number of aromatic nitrogens is 2. The summed E-state index contributed by atoms with van der Waals surface area (Å²) >= 11 is 3.60. The van der Waals surface area contributed by atoms with Gasteiger partial charge in [-0.3, -0.25) is 4.68 Å². The Bertz CT molecular complexity index is 659. The zero-order chi connectivity index (χ0) is 15.7. The van der Waals surface area contributed by atoms with Crippen LogP contribution in [0.4, 0.5) is 5.82 Å². The highest BCUT2D eigenvalue weighted by Gasteiger charge is 2.21. The molecule has 0 aliphatic heterocycles. The van der Waals surface area contributed by atoms with Crippen molar-refractivity contribution in [2.75, 3.05) is 12.8 Å². The highest BCUT2D eigenvalue weighted by molar-refractivity contribution is 9.10. The maximum Gasteiger partial charge on any atom is 0.175 e. The summed E-state index contributed by atoms with van der Waals surface area (Å²) in [5.74, 6) is 2.10. The molecule has 0 unspecified atom stereocenters. The minimum atomic E-state index is 0.279. The molecule has 1 aliphatic carbocycles. The van der Waals surface area contributed by atoms with Gasteiger partial charge in [0.2, 0.25) is 0 Å². The van der Waals surface area contributed by atoms with E-state index in [-0.39, 0.29) is 6.10 Å². The minimum Gasteiger partial charge on any atom is -0.493 e. The molecule has 22 heavy (non-hydrogen) atoms. The number of hydrogen-bond donors (Lipinski definition) is 1. The van der Waals surface area contributed by atoms with Crippen LogP contribution in [0.3, 0.4) is 0 Å². The molecule has 0 bridgehead atoms. The number of nitrogen functional groups attached to an aromatic ring is 1. The second-order valence-electron chi connectivity index (χ2n) is 5.59. The molecular formula is C16H20BrN3O2. The van der Waals surface area contributed by atoms with Crippen LogP contribution < -0.4 is 15.2 Å². The van der Waals surface area contributed by atoms with Gasteiger partial charge in [0.1, 0.15) is 5.82 Å². The van der Waals surface area contributed by atoms with Gasteiger partial charge in [-0.15, -0.1) is 0 Å². The van der Waals surface area contributed by atoms with E-state index in [0.29, 0.717) is 11.6 Å². The largest absolute Gasteiger partial charge is 0.493 e. The summed E-state index contributed by atoms with van der Waals surface area (Å²) in [6, 6.07) is 5.78. The fraction of sp³-hybridized carbons (Fsp3) is 0.438. The molecule has 1 fully saturated rings. The molecule has 0 saturated heterocycles. The molecule has 0 atom stereocenters. The SMILES string of the molecule is COc1cc(-c2cc(N)n(C)n2)cc(Br)c1OC1CCCC1. The number of hydrogen-bond acceptors (Lipinski definition) is 4. The van der Waals surface area contributed by atoms with Crippen LogP contribution in [0.5, 0.6) is 11.5 Å². The van der Waals surface area contributed by atoms with Crippen LogP contribution in [0.15, 0.2) is 22.7 Å². The summed E-state index contributed by atoms with van der Waals surface area (Å²) in [6.45, 7) is 0. The van der Waals surface area contributed by atoms with Crippen LogP contribution in [-0.4, -0.2) is 23.0 Å². The average molecular weight is 366 g/mol. The molecule has 1 heterocycles. The number of ether oxygens (including phenoxy) is 2. The van der Waals surface area contributed by atoms with E-state index in [1.54, 1.807) is 11.8 Å². The number of nitrogens with zero attached hydrogens (tertiary/aromatic N) is 2. The first-order valence-corrected chi connectivity index (χ1v) is 8.22. The smallest absolute Gasteiger partial charge is 0.175 e. The van der Waals surface area contributed by atoms with Gasteiger partial charge in [-0.25, -0.2) is 0 Å². The van der Waals surface area contributed by atoms with Crippen LogP contribution in [0.2, 0.25) is 0 Å². The normalized spacial score (nSPS) is 15.2. The van der Waals surface area contributed by atoms with Gasteiger partial charge in [0, 0.05) is 18.7 Å². The summed E-state index contributed by atoms with van der Waals surface area (Å²) < 4.78 is 14.2. The van der Waals surface area contributed by atoms with Crippen molar-refractivity contribution in [2.45, 2.75) is 31.8 Å². The van der Waals surface area contributed by atoms with E-state index in [1.165, 1.54) is 12.8 Å². The molecule has 0 amide bonds. The Kier molecular flexibility index (Phi) is 4.29. The molecule has 2 N–H and O–H groups in total. The first kappa shape index (κ1) is 15.2. The van der Waals surface area contributed by atoms with E-state index >= 15 is 0 Å². The predicted molar refractivity (Wildman–Crippen MR) is 90.2 cm³/mol. The fourth-order valence-corrected chi connectivity index (χ4v) is 3.31. The molecule has 1 aliphatic rings. The highest BCUT2D eigenvalue weighted by atomic mass is 79.9. The van der Waals surface area contributed by atoms with E-state index in [0.717, 1.165) is 34.3 Å². The summed E-state index contributed by atoms with van der Waals surface area (Å²) in [4.78, 5) is 0. The molecule has 0 spiro atoms. The number of rotatable bonds is 4. The highest BCUT2D eigenvalue weighted by Crippen LogP contribution is 2.41. The maximum absolute atomic E-state index is 6.13. The Labute approximate surface area is 138 Å². The van der Waals surface area contributed by atoms with Gasteiger partial charge in [-0.1, -0.05) is 0 Å². The van der Waals surface area contributed by atoms with Gasteiger partial charge in [0.25, 0.3) is 0 Å². The van der Waals surface area contributed by atoms with Gasteiger partial charge >= 0.3 is 0 Å². The van der Waals surface area contributed by atoms with E-state index in [2.05, 4.69) is 21.0 Å². The lowest BCUT2D eigenvalue weighted by atomic mass is 10.1. The Balaban J connectivity index is 1.95. The van der Waals surface area contributed by atoms with E-state index in [1.807, 2.05) is 25.2 Å². The van der Waals surface area contributed by atoms with Gasteiger partial charge in [-0.05, 0) is 53.7 Å². The Morgan fingerprint density at radius 3 is 2.59 bits per heavy atom. The van der Waals surface area contributed by atoms with Gasteiger partial charge < -0.3 is 15.2 Å². The number of benzene rings is 1. The predicted octanol–water partition coefficient (Wildman–Crippen LogP) is 3.76. The van der Waals surface area contributed by atoms with Gasteiger partial charge in [0.05, 0.1) is 23.4 Å². The zero-order valence-corrected chi connectivity index (χ0v) is 14.4. The van der Waals surface area contributed by atoms with Crippen LogP contribution in [0.1, 0.15) is 25.7 Å². The molecule has 6 heteroatoms. The van der Waals surface area contributed by atoms with Crippen molar-refractivity contribution in [3.05, 3.63) is 22.7 Å². The molecule has 1 saturated carbocycles. The van der Waals surface area contributed by atoms with Crippen molar-refractivity contribution in [3.8, 4) is 22.8 Å². The van der Waals surface area contributed by atoms with Gasteiger partial charge in [0.15, 0.2) is 11.5 Å². The van der Waals surface area contributed by atoms with Crippen LogP contribution in [0, 0.1) is 0 Å². The number of nitrogens with two attached hydrogens (primary N) is 1. The fourth-order valence-electron chi connectivity index (χ4n) is 2.78. The summed E-state index contributed by atoms with van der Waals surface area (Å²) in [5.41, 5.74) is 7.61. The standard InChI is InChI=1S/C16H20BrN3O2/c1-20-15(18)9-13(19-20)10-7-12(17)16(14(8-10)21-2)22-11-5-3-4-6-11/h7-9,11H,3-6,18H2,1-2H3. The molecule has 2 aromatic rings. The van der Waals surface area contributed by atoms with Crippen molar-refractivity contribution in [1.82, 2.24) is 9.78 Å². The van der Waals surface area contributed by atoms with Crippen LogP contribution in [-0.2, 0) is 7.05 Å². The third-order valence-corrected chi connectivity index (χ3v) is 4.62. The zero-order valence-electron chi connectivity index (χ0n) is 12.8. The Hall–Kier alpha value is -1.69. The van der Waals surface area contributed by atoms with Crippen molar-refractivity contribution in [2.24, 2.45) is 7.05 Å². The van der Waals surface area contributed by atoms with Crippen LogP contribution >= 0.6 is 15.9 Å². The molecule has 118 valence electrons. The number of anilines is 1. The first-order valence-electron chi connectivity index (χ1n) is 7.42. The van der Waals surface area contributed by atoms with Gasteiger partial charge in [-0.2, -0.15) is 5.10 Å². The lowest BCUT2D eigenvalue weighted by Crippen LogP contribution is -2.12. The number of aryl methyl sites for hydroxylation is 1. The van der Waals surface area contributed by atoms with Crippen molar-refractivity contribution in [1.29, 1.82) is 0 Å². The van der Waals surface area contributed by atoms with E-state index in [9.17, 15) is 0 Å². The van der Waals surface area contributed by atoms with E-state index in [4.69, 9.17) is 15.2 Å². The van der Waals surface area contributed by atoms with Crippen LogP contribution in [0.25, 0.3) is 11.3 Å². The van der Waals surface area contributed by atoms with E-state index < -0.39 is 0 Å². The third-order valence-electron chi connectivity index (χ3n) is 4.03. The number of halogens is 1. The second-order valence-corrected chi connectivity index (χ2v) is 6.45. The van der Waals surface area contributed by atoms with Crippen molar-refractivity contribution < 1.29 is 9.47 Å². The quantitative estimate of drug-likeness (QED) is 0.895. The third kappa shape index (κ3) is 2.92. The van der Waals surface area contributed by atoms with Crippen molar-refractivity contribution >= 4 is 21.7 Å². The molecule has 0 radical (unpaired) electrons. The minimum absolute atomic E-state index is 0.279. The summed E-state index contributed by atoms with van der Waals surface area (Å²) in [6.07, 6.45) is 4.95. The monoisotopic (exact) mass is 365 g/mol. The first-order chi connectivity index (χ1) is 10.6. The molecule has 5 nitrogen and oxygen atoms in total. The second kappa shape index (κ2) is 6.20. The summed E-state index contributed by atoms with van der Waals surface area (Å²) in [5, 5.41) is 4.40. The lowest BCUT2D eigenvalue weighted by molar-refractivity contribution is 0.199.